The molecule has 0 unspecified atom stereocenters. The summed E-state index contributed by atoms with van der Waals surface area (Å²) in [5, 5.41) is 19.0. The Balaban J connectivity index is 1.55. The van der Waals surface area contributed by atoms with E-state index in [1.807, 2.05) is 18.2 Å². The highest BCUT2D eigenvalue weighted by molar-refractivity contribution is 5.72. The van der Waals surface area contributed by atoms with E-state index in [-0.39, 0.29) is 21.8 Å². The van der Waals surface area contributed by atoms with Gasteiger partial charge in [-0.25, -0.2) is 0 Å². The number of nitrogens with zero attached hydrogens (tertiary/aromatic N) is 3. The maximum Gasteiger partial charge on any atom is 0.137 e. The first-order valence-corrected chi connectivity index (χ1v) is 13.4. The van der Waals surface area contributed by atoms with Crippen molar-refractivity contribution in [1.29, 1.82) is 10.5 Å². The lowest BCUT2D eigenvalue weighted by Gasteiger charge is -2.48. The molecular weight excluding hydrogens is 442 g/mol. The Morgan fingerprint density at radius 1 is 0.944 bits per heavy atom. The minimum absolute atomic E-state index is 0.0525. The van der Waals surface area contributed by atoms with Crippen LogP contribution in [0.1, 0.15) is 89.8 Å². The predicted molar refractivity (Wildman–Crippen MR) is 145 cm³/mol. The Kier molecular flexibility index (Phi) is 5.91. The van der Waals surface area contributed by atoms with Gasteiger partial charge in [-0.05, 0) is 90.0 Å². The molecule has 0 atom stereocenters. The Hall–Kier alpha value is -3.24. The van der Waals surface area contributed by atoms with Gasteiger partial charge >= 0.3 is 0 Å². The van der Waals surface area contributed by atoms with Crippen LogP contribution in [0.3, 0.4) is 0 Å². The SMILES string of the molecule is CCCC1(C2=CC(=C(C#N)C#N)C=C(/C=C/c3cc4c5c(c3)C(C)(C)CCN5CCC4(C)C)O2)CC1. The smallest absolute Gasteiger partial charge is 0.137 e. The molecule has 5 rings (SSSR count). The maximum atomic E-state index is 9.52. The third-order valence-electron chi connectivity index (χ3n) is 8.79. The van der Waals surface area contributed by atoms with E-state index in [0.717, 1.165) is 57.4 Å². The third kappa shape index (κ3) is 4.18. The summed E-state index contributed by atoms with van der Waals surface area (Å²) in [5.41, 5.74) is 6.62. The topological polar surface area (TPSA) is 60.0 Å². The van der Waals surface area contributed by atoms with Crippen LogP contribution in [-0.4, -0.2) is 13.1 Å². The standard InChI is InChI=1S/C32H37N3O/c1-6-9-32(10-11-32)28-19-23(24(20-33)21-34)18-25(36-28)8-7-22-16-26-29-27(17-22)31(4,5)13-15-35(29)14-12-30(26,2)3/h7-8,16-19H,6,9-15H2,1-5H3/b8-7+. The van der Waals surface area contributed by atoms with Gasteiger partial charge in [-0.15, -0.1) is 0 Å². The molecule has 36 heavy (non-hydrogen) atoms. The lowest BCUT2D eigenvalue weighted by molar-refractivity contribution is 0.242. The number of allylic oxidation sites excluding steroid dienone is 6. The van der Waals surface area contributed by atoms with E-state index in [0.29, 0.717) is 11.3 Å². The normalized spacial score (nSPS) is 22.5. The number of nitriles is 2. The zero-order valence-electron chi connectivity index (χ0n) is 22.4. The molecule has 0 amide bonds. The van der Waals surface area contributed by atoms with Crippen LogP contribution < -0.4 is 4.90 Å². The van der Waals surface area contributed by atoms with Crippen LogP contribution in [0, 0.1) is 28.1 Å². The average Bonchev–Trinajstić information content (AvgIpc) is 3.63. The molecule has 4 aliphatic rings. The number of anilines is 1. The fourth-order valence-electron chi connectivity index (χ4n) is 6.15. The summed E-state index contributed by atoms with van der Waals surface area (Å²) < 4.78 is 6.41. The van der Waals surface area contributed by atoms with E-state index in [1.165, 1.54) is 22.4 Å². The van der Waals surface area contributed by atoms with Crippen molar-refractivity contribution in [2.75, 3.05) is 18.0 Å². The van der Waals surface area contributed by atoms with E-state index >= 15 is 0 Å². The van der Waals surface area contributed by atoms with Gasteiger partial charge in [0, 0.05) is 29.8 Å². The van der Waals surface area contributed by atoms with Crippen LogP contribution in [-0.2, 0) is 15.6 Å². The van der Waals surface area contributed by atoms with Gasteiger partial charge in [-0.2, -0.15) is 10.5 Å². The molecule has 1 saturated carbocycles. The molecule has 3 aliphatic heterocycles. The van der Waals surface area contributed by atoms with Crippen molar-refractivity contribution >= 4 is 11.8 Å². The number of hydrogen-bond donors (Lipinski definition) is 0. The fraction of sp³-hybridized carbons (Fsp3) is 0.500. The molecule has 0 radical (unpaired) electrons. The molecule has 3 heterocycles. The van der Waals surface area contributed by atoms with Crippen LogP contribution in [0.4, 0.5) is 5.69 Å². The summed E-state index contributed by atoms with van der Waals surface area (Å²) in [5.74, 6) is 1.60. The molecule has 0 saturated heterocycles. The second-order valence-corrected chi connectivity index (χ2v) is 12.3. The molecule has 4 nitrogen and oxygen atoms in total. The number of ether oxygens (including phenoxy) is 1. The Labute approximate surface area is 216 Å². The van der Waals surface area contributed by atoms with E-state index in [4.69, 9.17) is 4.74 Å². The summed E-state index contributed by atoms with van der Waals surface area (Å²) in [6.45, 7) is 13.9. The van der Waals surface area contributed by atoms with Gasteiger partial charge in [-0.3, -0.25) is 0 Å². The van der Waals surface area contributed by atoms with Gasteiger partial charge in [0.25, 0.3) is 0 Å². The average molecular weight is 480 g/mol. The second kappa shape index (κ2) is 8.70. The highest BCUT2D eigenvalue weighted by Crippen LogP contribution is 2.57. The van der Waals surface area contributed by atoms with Gasteiger partial charge in [-0.1, -0.05) is 47.1 Å². The van der Waals surface area contributed by atoms with Crippen molar-refractivity contribution in [3.8, 4) is 12.1 Å². The number of benzene rings is 1. The summed E-state index contributed by atoms with van der Waals surface area (Å²) in [4.78, 5) is 2.59. The van der Waals surface area contributed by atoms with Crippen molar-refractivity contribution in [3.05, 3.63) is 69.7 Å². The molecule has 1 aromatic carbocycles. The number of rotatable bonds is 5. The predicted octanol–water partition coefficient (Wildman–Crippen LogP) is 7.59. The zero-order chi connectivity index (χ0) is 25.7. The summed E-state index contributed by atoms with van der Waals surface area (Å²) in [7, 11) is 0. The van der Waals surface area contributed by atoms with Gasteiger partial charge in [0.1, 0.15) is 29.2 Å². The van der Waals surface area contributed by atoms with E-state index in [9.17, 15) is 10.5 Å². The van der Waals surface area contributed by atoms with Crippen LogP contribution in [0.5, 0.6) is 0 Å². The van der Waals surface area contributed by atoms with Crippen molar-refractivity contribution in [1.82, 2.24) is 0 Å². The summed E-state index contributed by atoms with van der Waals surface area (Å²) in [6.07, 6.45) is 14.6. The number of hydrogen-bond acceptors (Lipinski definition) is 4. The van der Waals surface area contributed by atoms with Crippen molar-refractivity contribution in [3.63, 3.8) is 0 Å². The van der Waals surface area contributed by atoms with Crippen LogP contribution >= 0.6 is 0 Å². The molecule has 1 aromatic rings. The first kappa shape index (κ1) is 24.5. The Bertz CT molecular complexity index is 1240. The van der Waals surface area contributed by atoms with Gasteiger partial charge in [0.15, 0.2) is 0 Å². The van der Waals surface area contributed by atoms with Crippen LogP contribution in [0.15, 0.2) is 53.0 Å². The molecule has 0 aromatic heterocycles. The third-order valence-corrected chi connectivity index (χ3v) is 8.79. The monoisotopic (exact) mass is 479 g/mol. The molecule has 186 valence electrons. The maximum absolute atomic E-state index is 9.52. The minimum Gasteiger partial charge on any atom is -0.461 e. The molecule has 4 heteroatoms. The molecule has 1 fully saturated rings. The van der Waals surface area contributed by atoms with E-state index in [1.54, 1.807) is 0 Å². The molecule has 0 spiro atoms. The summed E-state index contributed by atoms with van der Waals surface area (Å²) in [6, 6.07) is 8.84. The van der Waals surface area contributed by atoms with E-state index in [2.05, 4.69) is 69.9 Å². The van der Waals surface area contributed by atoms with Gasteiger partial charge in [0.05, 0.1) is 0 Å². The quantitative estimate of drug-likeness (QED) is 0.408. The first-order valence-electron chi connectivity index (χ1n) is 13.4. The van der Waals surface area contributed by atoms with Crippen molar-refractivity contribution in [2.45, 2.75) is 84.0 Å². The molecule has 0 bridgehead atoms. The van der Waals surface area contributed by atoms with Crippen molar-refractivity contribution in [2.24, 2.45) is 5.41 Å². The largest absolute Gasteiger partial charge is 0.461 e. The Morgan fingerprint density at radius 2 is 1.56 bits per heavy atom. The molecular formula is C32H37N3O. The summed E-state index contributed by atoms with van der Waals surface area (Å²) >= 11 is 0. The van der Waals surface area contributed by atoms with E-state index < -0.39 is 0 Å². The molecule has 0 N–H and O–H groups in total. The fourth-order valence-corrected chi connectivity index (χ4v) is 6.15. The minimum atomic E-state index is 0.0525. The highest BCUT2D eigenvalue weighted by atomic mass is 16.5. The van der Waals surface area contributed by atoms with Crippen LogP contribution in [0.2, 0.25) is 0 Å². The van der Waals surface area contributed by atoms with Crippen molar-refractivity contribution < 1.29 is 4.74 Å². The zero-order valence-corrected chi connectivity index (χ0v) is 22.4. The highest BCUT2D eigenvalue weighted by Gasteiger charge is 2.47. The first-order chi connectivity index (χ1) is 17.1. The van der Waals surface area contributed by atoms with Crippen LogP contribution in [0.25, 0.3) is 6.08 Å². The second-order valence-electron chi connectivity index (χ2n) is 12.3. The van der Waals surface area contributed by atoms with Gasteiger partial charge < -0.3 is 9.64 Å². The lowest BCUT2D eigenvalue weighted by atomic mass is 9.69. The molecule has 1 aliphatic carbocycles. The van der Waals surface area contributed by atoms with Gasteiger partial charge in [0.2, 0.25) is 0 Å². The Morgan fingerprint density at radius 3 is 2.08 bits per heavy atom. The lowest BCUT2D eigenvalue weighted by Crippen LogP contribution is -2.44.